The Balaban J connectivity index is 1.87. The zero-order chi connectivity index (χ0) is 19.9. The van der Waals surface area contributed by atoms with E-state index in [4.69, 9.17) is 21.1 Å². The first-order valence-electron chi connectivity index (χ1n) is 8.56. The molecule has 10 heteroatoms. The number of nitrogens with one attached hydrogen (secondary N) is 3. The fourth-order valence-electron chi connectivity index (χ4n) is 2.55. The molecule has 0 fully saturated rings. The molecule has 148 valence electrons. The number of H-pyrrole nitrogens is 1. The summed E-state index contributed by atoms with van der Waals surface area (Å²) in [4.78, 5) is 8.07. The van der Waals surface area contributed by atoms with E-state index in [1.54, 1.807) is 6.07 Å². The van der Waals surface area contributed by atoms with Crippen LogP contribution in [0.4, 0.5) is 16.0 Å². The second-order valence-corrected chi connectivity index (χ2v) is 6.19. The predicted molar refractivity (Wildman–Crippen MR) is 105 cm³/mol. The molecular formula is C18H20ClFN6O2. The molecule has 1 aromatic carbocycles. The standard InChI is InChI=1S/C18H20ClFN6O2/c1-21-4-3-5-28-14-7-11(20)6-13(27-2)18(14)12-8-16(26-25-12)24-17-10-22-15(19)9-23-17/h6-10,21H,3-5H2,1-2H3,(H2,23,24,25,26). The van der Waals surface area contributed by atoms with Gasteiger partial charge in [0.2, 0.25) is 0 Å². The van der Waals surface area contributed by atoms with E-state index in [-0.39, 0.29) is 0 Å². The number of halogens is 2. The lowest BCUT2D eigenvalue weighted by atomic mass is 10.1. The maximum absolute atomic E-state index is 14.0. The van der Waals surface area contributed by atoms with Crippen LogP contribution in [-0.4, -0.2) is 47.5 Å². The van der Waals surface area contributed by atoms with E-state index in [9.17, 15) is 4.39 Å². The molecular weight excluding hydrogens is 387 g/mol. The Bertz CT molecular complexity index is 919. The maximum atomic E-state index is 14.0. The van der Waals surface area contributed by atoms with Crippen LogP contribution < -0.4 is 20.1 Å². The number of rotatable bonds is 9. The normalized spacial score (nSPS) is 10.7. The molecule has 0 amide bonds. The van der Waals surface area contributed by atoms with Crippen LogP contribution in [-0.2, 0) is 0 Å². The highest BCUT2D eigenvalue weighted by Gasteiger charge is 2.18. The average Bonchev–Trinajstić information content (AvgIpc) is 3.14. The zero-order valence-corrected chi connectivity index (χ0v) is 16.2. The van der Waals surface area contributed by atoms with Crippen molar-refractivity contribution in [1.82, 2.24) is 25.5 Å². The minimum Gasteiger partial charge on any atom is -0.496 e. The number of anilines is 2. The highest BCUT2D eigenvalue weighted by atomic mass is 35.5. The van der Waals surface area contributed by atoms with Crippen LogP contribution in [0.15, 0.2) is 30.6 Å². The molecule has 0 aliphatic heterocycles. The Labute approximate surface area is 166 Å². The van der Waals surface area contributed by atoms with E-state index in [1.807, 2.05) is 7.05 Å². The summed E-state index contributed by atoms with van der Waals surface area (Å²) in [6.07, 6.45) is 3.70. The molecule has 3 N–H and O–H groups in total. The SMILES string of the molecule is CNCCCOc1cc(F)cc(OC)c1-c1cc(Nc2cnc(Cl)cn2)n[nH]1. The molecule has 0 atom stereocenters. The summed E-state index contributed by atoms with van der Waals surface area (Å²) in [5.74, 6) is 1.24. The van der Waals surface area contributed by atoms with Gasteiger partial charge in [-0.2, -0.15) is 5.10 Å². The Hall–Kier alpha value is -2.91. The van der Waals surface area contributed by atoms with Crippen molar-refractivity contribution in [3.8, 4) is 22.8 Å². The predicted octanol–water partition coefficient (Wildman–Crippen LogP) is 3.40. The van der Waals surface area contributed by atoms with Gasteiger partial charge in [-0.15, -0.1) is 0 Å². The molecule has 3 aromatic rings. The van der Waals surface area contributed by atoms with Crippen LogP contribution in [0, 0.1) is 5.82 Å². The first-order valence-corrected chi connectivity index (χ1v) is 8.93. The van der Waals surface area contributed by atoms with Crippen molar-refractivity contribution in [1.29, 1.82) is 0 Å². The van der Waals surface area contributed by atoms with Gasteiger partial charge in [0.25, 0.3) is 0 Å². The van der Waals surface area contributed by atoms with Gasteiger partial charge in [0.15, 0.2) is 5.82 Å². The second kappa shape index (κ2) is 9.34. The summed E-state index contributed by atoms with van der Waals surface area (Å²) in [5, 5.41) is 13.5. The largest absolute Gasteiger partial charge is 0.496 e. The number of hydrogen-bond acceptors (Lipinski definition) is 7. The van der Waals surface area contributed by atoms with Crippen LogP contribution in [0.5, 0.6) is 11.5 Å². The molecule has 28 heavy (non-hydrogen) atoms. The summed E-state index contributed by atoms with van der Waals surface area (Å²) < 4.78 is 25.1. The van der Waals surface area contributed by atoms with Crippen molar-refractivity contribution in [2.75, 3.05) is 32.6 Å². The average molecular weight is 407 g/mol. The van der Waals surface area contributed by atoms with Gasteiger partial charge in [-0.3, -0.25) is 5.10 Å². The number of aromatic amines is 1. The minimum atomic E-state index is -0.446. The lowest BCUT2D eigenvalue weighted by molar-refractivity contribution is 0.307. The molecule has 0 bridgehead atoms. The fourth-order valence-corrected chi connectivity index (χ4v) is 2.65. The molecule has 0 aliphatic rings. The van der Waals surface area contributed by atoms with E-state index < -0.39 is 5.82 Å². The first-order chi connectivity index (χ1) is 13.6. The Morgan fingerprint density at radius 3 is 2.68 bits per heavy atom. The summed E-state index contributed by atoms with van der Waals surface area (Å²) in [6.45, 7) is 1.22. The number of nitrogens with zero attached hydrogens (tertiary/aromatic N) is 3. The van der Waals surface area contributed by atoms with Gasteiger partial charge in [0.05, 0.1) is 37.4 Å². The highest BCUT2D eigenvalue weighted by Crippen LogP contribution is 2.39. The van der Waals surface area contributed by atoms with Crippen LogP contribution in [0.3, 0.4) is 0 Å². The molecule has 0 aliphatic carbocycles. The number of hydrogen-bond donors (Lipinski definition) is 3. The van der Waals surface area contributed by atoms with Crippen LogP contribution in [0.2, 0.25) is 5.15 Å². The Morgan fingerprint density at radius 2 is 1.96 bits per heavy atom. The summed E-state index contributed by atoms with van der Waals surface area (Å²) in [5.41, 5.74) is 1.18. The molecule has 0 radical (unpaired) electrons. The van der Waals surface area contributed by atoms with Crippen molar-refractivity contribution >= 4 is 23.2 Å². The number of benzene rings is 1. The van der Waals surface area contributed by atoms with E-state index in [2.05, 4.69) is 30.8 Å². The topological polar surface area (TPSA) is 97.0 Å². The van der Waals surface area contributed by atoms with Gasteiger partial charge in [-0.05, 0) is 20.0 Å². The first kappa shape index (κ1) is 19.8. The van der Waals surface area contributed by atoms with Crippen molar-refractivity contribution in [2.45, 2.75) is 6.42 Å². The molecule has 0 spiro atoms. The number of methoxy groups -OCH3 is 1. The Morgan fingerprint density at radius 1 is 1.14 bits per heavy atom. The van der Waals surface area contributed by atoms with Crippen molar-refractivity contribution in [3.05, 3.63) is 41.6 Å². The van der Waals surface area contributed by atoms with Crippen molar-refractivity contribution < 1.29 is 13.9 Å². The second-order valence-electron chi connectivity index (χ2n) is 5.80. The molecule has 2 heterocycles. The molecule has 3 rings (SSSR count). The Kier molecular flexibility index (Phi) is 6.62. The van der Waals surface area contributed by atoms with Crippen LogP contribution in [0.25, 0.3) is 11.3 Å². The third kappa shape index (κ3) is 4.87. The van der Waals surface area contributed by atoms with Crippen molar-refractivity contribution in [3.63, 3.8) is 0 Å². The van der Waals surface area contributed by atoms with Gasteiger partial charge >= 0.3 is 0 Å². The van der Waals surface area contributed by atoms with Gasteiger partial charge in [0.1, 0.15) is 28.3 Å². The summed E-state index contributed by atoms with van der Waals surface area (Å²) >= 11 is 5.74. The monoisotopic (exact) mass is 406 g/mol. The smallest absolute Gasteiger partial charge is 0.153 e. The molecule has 0 unspecified atom stereocenters. The van der Waals surface area contributed by atoms with E-state index >= 15 is 0 Å². The fraction of sp³-hybridized carbons (Fsp3) is 0.278. The van der Waals surface area contributed by atoms with Crippen LogP contribution in [0.1, 0.15) is 6.42 Å². The lowest BCUT2D eigenvalue weighted by Gasteiger charge is -2.14. The van der Waals surface area contributed by atoms with Gasteiger partial charge < -0.3 is 20.1 Å². The third-order valence-electron chi connectivity index (χ3n) is 3.80. The van der Waals surface area contributed by atoms with E-state index in [1.165, 1.54) is 31.6 Å². The highest BCUT2D eigenvalue weighted by molar-refractivity contribution is 6.29. The van der Waals surface area contributed by atoms with Gasteiger partial charge in [0, 0.05) is 18.2 Å². The summed E-state index contributed by atoms with van der Waals surface area (Å²) in [6, 6.07) is 4.37. The minimum absolute atomic E-state index is 0.296. The molecule has 0 saturated carbocycles. The van der Waals surface area contributed by atoms with Crippen molar-refractivity contribution in [2.24, 2.45) is 0 Å². The molecule has 8 nitrogen and oxygen atoms in total. The lowest BCUT2D eigenvalue weighted by Crippen LogP contribution is -2.12. The molecule has 2 aromatic heterocycles. The zero-order valence-electron chi connectivity index (χ0n) is 15.4. The third-order valence-corrected chi connectivity index (χ3v) is 4.00. The van der Waals surface area contributed by atoms with E-state index in [0.29, 0.717) is 46.2 Å². The van der Waals surface area contributed by atoms with Gasteiger partial charge in [-0.1, -0.05) is 11.6 Å². The quantitative estimate of drug-likeness (QED) is 0.468. The van der Waals surface area contributed by atoms with E-state index in [0.717, 1.165) is 13.0 Å². The van der Waals surface area contributed by atoms with Gasteiger partial charge in [-0.25, -0.2) is 14.4 Å². The number of aromatic nitrogens is 4. The maximum Gasteiger partial charge on any atom is 0.153 e. The van der Waals surface area contributed by atoms with Crippen LogP contribution >= 0.6 is 11.6 Å². The molecule has 0 saturated heterocycles. The number of ether oxygens (including phenoxy) is 2. The summed E-state index contributed by atoms with van der Waals surface area (Å²) in [7, 11) is 3.34.